The number of aromatic nitrogens is 1. The summed E-state index contributed by atoms with van der Waals surface area (Å²) in [7, 11) is 0. The van der Waals surface area contributed by atoms with Crippen molar-refractivity contribution in [3.63, 3.8) is 0 Å². The minimum atomic E-state index is -4.29. The standard InChI is InChI=1S/C14H12F3N/c1-9-7-18-8-10(2)13(9)11-3-5-12(6-4-11)14(15,16)17/h3-8H,1-2H3. The quantitative estimate of drug-likeness (QED) is 0.732. The number of alkyl halides is 3. The molecule has 0 saturated heterocycles. The molecule has 94 valence electrons. The lowest BCUT2D eigenvalue weighted by molar-refractivity contribution is -0.137. The van der Waals surface area contributed by atoms with Gasteiger partial charge in [0.2, 0.25) is 0 Å². The number of pyridine rings is 1. The number of halogens is 3. The van der Waals surface area contributed by atoms with E-state index in [0.717, 1.165) is 34.4 Å². The number of benzene rings is 1. The molecule has 0 fully saturated rings. The molecule has 0 spiro atoms. The van der Waals surface area contributed by atoms with Crippen LogP contribution in [0, 0.1) is 13.8 Å². The molecule has 0 unspecified atom stereocenters. The van der Waals surface area contributed by atoms with Crippen LogP contribution >= 0.6 is 0 Å². The van der Waals surface area contributed by atoms with Crippen molar-refractivity contribution in [3.05, 3.63) is 53.3 Å². The van der Waals surface area contributed by atoms with Gasteiger partial charge >= 0.3 is 6.18 Å². The average Bonchev–Trinajstić information content (AvgIpc) is 2.28. The number of hydrogen-bond donors (Lipinski definition) is 0. The molecule has 0 aliphatic heterocycles. The van der Waals surface area contributed by atoms with Gasteiger partial charge in [-0.25, -0.2) is 0 Å². The summed E-state index contributed by atoms with van der Waals surface area (Å²) < 4.78 is 37.4. The van der Waals surface area contributed by atoms with Gasteiger partial charge in [-0.05, 0) is 48.2 Å². The van der Waals surface area contributed by atoms with Crippen LogP contribution < -0.4 is 0 Å². The summed E-state index contributed by atoms with van der Waals surface area (Å²) in [4.78, 5) is 4.05. The molecular weight excluding hydrogens is 239 g/mol. The van der Waals surface area contributed by atoms with Crippen LogP contribution in [0.3, 0.4) is 0 Å². The topological polar surface area (TPSA) is 12.9 Å². The monoisotopic (exact) mass is 251 g/mol. The molecule has 0 atom stereocenters. The number of aryl methyl sites for hydroxylation is 2. The number of rotatable bonds is 1. The van der Waals surface area contributed by atoms with Crippen molar-refractivity contribution >= 4 is 0 Å². The first kappa shape index (κ1) is 12.6. The van der Waals surface area contributed by atoms with Crippen LogP contribution in [0.5, 0.6) is 0 Å². The first-order valence-electron chi connectivity index (χ1n) is 5.48. The van der Waals surface area contributed by atoms with Gasteiger partial charge in [-0.1, -0.05) is 12.1 Å². The molecule has 0 saturated carbocycles. The fourth-order valence-corrected chi connectivity index (χ4v) is 1.98. The minimum absolute atomic E-state index is 0.629. The predicted octanol–water partition coefficient (Wildman–Crippen LogP) is 4.38. The van der Waals surface area contributed by atoms with Crippen molar-refractivity contribution in [2.75, 3.05) is 0 Å². The zero-order chi connectivity index (χ0) is 13.3. The van der Waals surface area contributed by atoms with Gasteiger partial charge in [0, 0.05) is 12.4 Å². The Bertz CT molecular complexity index is 536. The maximum Gasteiger partial charge on any atom is 0.416 e. The molecule has 0 aliphatic rings. The van der Waals surface area contributed by atoms with E-state index in [-0.39, 0.29) is 0 Å². The molecule has 0 radical (unpaired) electrons. The van der Waals surface area contributed by atoms with E-state index in [1.54, 1.807) is 12.4 Å². The zero-order valence-corrected chi connectivity index (χ0v) is 10.0. The fraction of sp³-hybridized carbons (Fsp3) is 0.214. The van der Waals surface area contributed by atoms with Crippen molar-refractivity contribution in [3.8, 4) is 11.1 Å². The maximum absolute atomic E-state index is 12.5. The molecule has 4 heteroatoms. The van der Waals surface area contributed by atoms with Crippen LogP contribution in [0.4, 0.5) is 13.2 Å². The predicted molar refractivity (Wildman–Crippen MR) is 64.1 cm³/mol. The van der Waals surface area contributed by atoms with E-state index in [4.69, 9.17) is 0 Å². The number of hydrogen-bond acceptors (Lipinski definition) is 1. The summed E-state index contributed by atoms with van der Waals surface area (Å²) in [5, 5.41) is 0. The lowest BCUT2D eigenvalue weighted by Gasteiger charge is -2.11. The molecule has 1 nitrogen and oxygen atoms in total. The van der Waals surface area contributed by atoms with Gasteiger partial charge in [0.05, 0.1) is 5.56 Å². The Balaban J connectivity index is 2.47. The second-order valence-electron chi connectivity index (χ2n) is 4.22. The van der Waals surface area contributed by atoms with Crippen molar-refractivity contribution < 1.29 is 13.2 Å². The van der Waals surface area contributed by atoms with Crippen molar-refractivity contribution in [2.45, 2.75) is 20.0 Å². The normalized spacial score (nSPS) is 11.6. The minimum Gasteiger partial charge on any atom is -0.264 e. The Labute approximate surface area is 103 Å². The third-order valence-corrected chi connectivity index (χ3v) is 2.83. The summed E-state index contributed by atoms with van der Waals surface area (Å²) in [5.41, 5.74) is 3.00. The third kappa shape index (κ3) is 2.37. The first-order valence-corrected chi connectivity index (χ1v) is 5.48. The van der Waals surface area contributed by atoms with Gasteiger partial charge in [0.15, 0.2) is 0 Å². The highest BCUT2D eigenvalue weighted by Crippen LogP contribution is 2.32. The van der Waals surface area contributed by atoms with Crippen molar-refractivity contribution in [1.82, 2.24) is 4.98 Å². The zero-order valence-electron chi connectivity index (χ0n) is 10.0. The van der Waals surface area contributed by atoms with Gasteiger partial charge in [-0.2, -0.15) is 13.2 Å². The van der Waals surface area contributed by atoms with Crippen LogP contribution in [-0.4, -0.2) is 4.98 Å². The second-order valence-corrected chi connectivity index (χ2v) is 4.22. The Morgan fingerprint density at radius 2 is 1.39 bits per heavy atom. The van der Waals surface area contributed by atoms with E-state index in [0.29, 0.717) is 0 Å². The molecule has 1 heterocycles. The highest BCUT2D eigenvalue weighted by atomic mass is 19.4. The highest BCUT2D eigenvalue weighted by molar-refractivity contribution is 5.70. The average molecular weight is 251 g/mol. The van der Waals surface area contributed by atoms with Crippen LogP contribution in [0.1, 0.15) is 16.7 Å². The first-order chi connectivity index (χ1) is 8.39. The summed E-state index contributed by atoms with van der Waals surface area (Å²) in [6.07, 6.45) is -0.874. The van der Waals surface area contributed by atoms with Gasteiger partial charge in [-0.15, -0.1) is 0 Å². The molecule has 0 N–H and O–H groups in total. The summed E-state index contributed by atoms with van der Waals surface area (Å²) in [6.45, 7) is 3.79. The Hall–Kier alpha value is -1.84. The smallest absolute Gasteiger partial charge is 0.264 e. The molecule has 0 amide bonds. The maximum atomic E-state index is 12.5. The lowest BCUT2D eigenvalue weighted by atomic mass is 9.97. The molecule has 0 bridgehead atoms. The molecule has 1 aromatic heterocycles. The molecule has 2 rings (SSSR count). The third-order valence-electron chi connectivity index (χ3n) is 2.83. The summed E-state index contributed by atoms with van der Waals surface area (Å²) in [5.74, 6) is 0. The van der Waals surface area contributed by atoms with Crippen LogP contribution in [-0.2, 0) is 6.18 Å². The van der Waals surface area contributed by atoms with Gasteiger partial charge in [0.25, 0.3) is 0 Å². The van der Waals surface area contributed by atoms with Gasteiger partial charge in [0.1, 0.15) is 0 Å². The van der Waals surface area contributed by atoms with E-state index in [1.165, 1.54) is 12.1 Å². The summed E-state index contributed by atoms with van der Waals surface area (Å²) >= 11 is 0. The molecule has 2 aromatic rings. The fourth-order valence-electron chi connectivity index (χ4n) is 1.98. The highest BCUT2D eigenvalue weighted by Gasteiger charge is 2.30. The van der Waals surface area contributed by atoms with Crippen LogP contribution in [0.2, 0.25) is 0 Å². The van der Waals surface area contributed by atoms with Crippen LogP contribution in [0.15, 0.2) is 36.7 Å². The van der Waals surface area contributed by atoms with Crippen molar-refractivity contribution in [2.24, 2.45) is 0 Å². The summed E-state index contributed by atoms with van der Waals surface area (Å²) in [6, 6.07) is 5.21. The van der Waals surface area contributed by atoms with E-state index in [1.807, 2.05) is 13.8 Å². The van der Waals surface area contributed by atoms with E-state index in [2.05, 4.69) is 4.98 Å². The van der Waals surface area contributed by atoms with Gasteiger partial charge < -0.3 is 0 Å². The second kappa shape index (κ2) is 4.44. The SMILES string of the molecule is Cc1cncc(C)c1-c1ccc(C(F)(F)F)cc1. The largest absolute Gasteiger partial charge is 0.416 e. The van der Waals surface area contributed by atoms with E-state index >= 15 is 0 Å². The Morgan fingerprint density at radius 3 is 1.83 bits per heavy atom. The molecule has 0 aliphatic carbocycles. The Kier molecular flexibility index (Phi) is 3.11. The number of nitrogens with zero attached hydrogens (tertiary/aromatic N) is 1. The van der Waals surface area contributed by atoms with Crippen molar-refractivity contribution in [1.29, 1.82) is 0 Å². The van der Waals surface area contributed by atoms with Crippen LogP contribution in [0.25, 0.3) is 11.1 Å². The van der Waals surface area contributed by atoms with Gasteiger partial charge in [-0.3, -0.25) is 4.98 Å². The lowest BCUT2D eigenvalue weighted by Crippen LogP contribution is -2.04. The van der Waals surface area contributed by atoms with E-state index < -0.39 is 11.7 Å². The van der Waals surface area contributed by atoms with E-state index in [9.17, 15) is 13.2 Å². The molecular formula is C14H12F3N. The Morgan fingerprint density at radius 1 is 0.889 bits per heavy atom. The molecule has 1 aromatic carbocycles. The molecule has 18 heavy (non-hydrogen) atoms.